The maximum absolute atomic E-state index is 12.7. The maximum atomic E-state index is 12.7. The standard InChI is InChI=1S/C17H23F3N2O4/c1-6-16(13(23)25-5,10-22-14(24)26-15(2,3)4)11-7-8-12(21-9-11)17(18,19)20/h7-9H,6,10H2,1-5H3,(H,22,24). The Morgan fingerprint density at radius 2 is 1.81 bits per heavy atom. The van der Waals surface area contributed by atoms with Crippen LogP contribution in [0.5, 0.6) is 0 Å². The number of ether oxygens (including phenoxy) is 2. The van der Waals surface area contributed by atoms with E-state index in [1.54, 1.807) is 27.7 Å². The number of alkyl carbamates (subject to hydrolysis) is 1. The second-order valence-corrected chi connectivity index (χ2v) is 6.71. The van der Waals surface area contributed by atoms with Crippen molar-refractivity contribution < 1.29 is 32.2 Å². The molecule has 0 aliphatic rings. The van der Waals surface area contributed by atoms with Gasteiger partial charge < -0.3 is 14.8 Å². The van der Waals surface area contributed by atoms with Crippen LogP contribution in [-0.2, 0) is 25.9 Å². The number of nitrogens with one attached hydrogen (secondary N) is 1. The van der Waals surface area contributed by atoms with E-state index in [1.165, 1.54) is 0 Å². The third-order valence-corrected chi connectivity index (χ3v) is 3.72. The zero-order valence-electron chi connectivity index (χ0n) is 15.4. The summed E-state index contributed by atoms with van der Waals surface area (Å²) >= 11 is 0. The van der Waals surface area contributed by atoms with Crippen LogP contribution >= 0.6 is 0 Å². The van der Waals surface area contributed by atoms with Crippen molar-refractivity contribution in [1.29, 1.82) is 0 Å². The van der Waals surface area contributed by atoms with Gasteiger partial charge in [-0.05, 0) is 38.8 Å². The molecule has 1 unspecified atom stereocenters. The SMILES string of the molecule is CCC(CNC(=O)OC(C)(C)C)(C(=O)OC)c1ccc(C(F)(F)F)nc1. The van der Waals surface area contributed by atoms with Gasteiger partial charge in [-0.3, -0.25) is 9.78 Å². The van der Waals surface area contributed by atoms with Gasteiger partial charge in [0.2, 0.25) is 0 Å². The van der Waals surface area contributed by atoms with Crippen LogP contribution < -0.4 is 5.32 Å². The number of alkyl halides is 3. The van der Waals surface area contributed by atoms with Crippen molar-refractivity contribution >= 4 is 12.1 Å². The number of halogens is 3. The van der Waals surface area contributed by atoms with Crippen LogP contribution in [0, 0.1) is 0 Å². The molecule has 1 N–H and O–H groups in total. The fourth-order valence-electron chi connectivity index (χ4n) is 2.34. The van der Waals surface area contributed by atoms with Crippen LogP contribution in [0.15, 0.2) is 18.3 Å². The smallest absolute Gasteiger partial charge is 0.433 e. The fourth-order valence-corrected chi connectivity index (χ4v) is 2.34. The first-order valence-corrected chi connectivity index (χ1v) is 7.94. The normalized spacial score (nSPS) is 14.3. The first-order valence-electron chi connectivity index (χ1n) is 7.94. The molecule has 0 fully saturated rings. The summed E-state index contributed by atoms with van der Waals surface area (Å²) in [7, 11) is 1.16. The van der Waals surface area contributed by atoms with E-state index in [0.717, 1.165) is 25.4 Å². The van der Waals surface area contributed by atoms with Gasteiger partial charge in [0.05, 0.1) is 7.11 Å². The van der Waals surface area contributed by atoms with Crippen LogP contribution in [0.3, 0.4) is 0 Å². The highest BCUT2D eigenvalue weighted by Gasteiger charge is 2.42. The third kappa shape index (κ3) is 5.34. The molecule has 0 radical (unpaired) electrons. The molecule has 1 heterocycles. The van der Waals surface area contributed by atoms with Crippen molar-refractivity contribution in [2.45, 2.75) is 51.3 Å². The number of hydrogen-bond donors (Lipinski definition) is 1. The van der Waals surface area contributed by atoms with Crippen LogP contribution in [0.4, 0.5) is 18.0 Å². The number of carbonyl (C=O) groups is 2. The number of carbonyl (C=O) groups excluding carboxylic acids is 2. The molecule has 1 aromatic heterocycles. The second-order valence-electron chi connectivity index (χ2n) is 6.71. The average Bonchev–Trinajstić information content (AvgIpc) is 2.53. The zero-order chi connectivity index (χ0) is 20.2. The minimum atomic E-state index is -4.59. The Morgan fingerprint density at radius 3 is 2.19 bits per heavy atom. The van der Waals surface area contributed by atoms with E-state index in [4.69, 9.17) is 9.47 Å². The number of esters is 1. The highest BCUT2D eigenvalue weighted by Crippen LogP contribution is 2.32. The topological polar surface area (TPSA) is 77.5 Å². The molecule has 26 heavy (non-hydrogen) atoms. The summed E-state index contributed by atoms with van der Waals surface area (Å²) in [5.41, 5.74) is -2.99. The molecule has 0 spiro atoms. The Balaban J connectivity index is 3.15. The van der Waals surface area contributed by atoms with Crippen molar-refractivity contribution in [1.82, 2.24) is 10.3 Å². The van der Waals surface area contributed by atoms with E-state index >= 15 is 0 Å². The van der Waals surface area contributed by atoms with Crippen LogP contribution in [-0.4, -0.2) is 36.3 Å². The summed E-state index contributed by atoms with van der Waals surface area (Å²) < 4.78 is 48.1. The lowest BCUT2D eigenvalue weighted by molar-refractivity contribution is -0.147. The number of amides is 1. The van der Waals surface area contributed by atoms with Gasteiger partial charge in [-0.15, -0.1) is 0 Å². The van der Waals surface area contributed by atoms with E-state index in [-0.39, 0.29) is 18.5 Å². The largest absolute Gasteiger partial charge is 0.468 e. The molecule has 6 nitrogen and oxygen atoms in total. The Bertz CT molecular complexity index is 639. The zero-order valence-corrected chi connectivity index (χ0v) is 15.4. The molecule has 1 rings (SSSR count). The number of pyridine rings is 1. The number of methoxy groups -OCH3 is 1. The summed E-state index contributed by atoms with van der Waals surface area (Å²) in [5.74, 6) is -0.697. The van der Waals surface area contributed by atoms with Crippen molar-refractivity contribution in [3.05, 3.63) is 29.6 Å². The Labute approximate surface area is 150 Å². The first-order chi connectivity index (χ1) is 11.9. The molecule has 0 aliphatic heterocycles. The van der Waals surface area contributed by atoms with E-state index in [9.17, 15) is 22.8 Å². The van der Waals surface area contributed by atoms with E-state index in [2.05, 4.69) is 10.3 Å². The molecule has 1 amide bonds. The molecule has 0 aliphatic carbocycles. The van der Waals surface area contributed by atoms with Gasteiger partial charge in [-0.1, -0.05) is 13.0 Å². The van der Waals surface area contributed by atoms with Gasteiger partial charge in [0, 0.05) is 12.7 Å². The Morgan fingerprint density at radius 1 is 1.19 bits per heavy atom. The minimum Gasteiger partial charge on any atom is -0.468 e. The van der Waals surface area contributed by atoms with Crippen molar-refractivity contribution in [2.75, 3.05) is 13.7 Å². The van der Waals surface area contributed by atoms with Gasteiger partial charge >= 0.3 is 18.2 Å². The third-order valence-electron chi connectivity index (χ3n) is 3.72. The molecule has 0 bridgehead atoms. The molecule has 0 saturated carbocycles. The lowest BCUT2D eigenvalue weighted by atomic mass is 9.78. The average molecular weight is 376 g/mol. The fraction of sp³-hybridized carbons (Fsp3) is 0.588. The monoisotopic (exact) mass is 376 g/mol. The van der Waals surface area contributed by atoms with Crippen LogP contribution in [0.2, 0.25) is 0 Å². The lowest BCUT2D eigenvalue weighted by Crippen LogP contribution is -2.48. The Kier molecular flexibility index (Phi) is 6.62. The molecule has 1 atom stereocenters. The summed E-state index contributed by atoms with van der Waals surface area (Å²) in [6.07, 6.45) is -4.20. The van der Waals surface area contributed by atoms with Gasteiger partial charge in [0.25, 0.3) is 0 Å². The van der Waals surface area contributed by atoms with Gasteiger partial charge in [0.1, 0.15) is 16.7 Å². The van der Waals surface area contributed by atoms with Crippen molar-refractivity contribution in [3.8, 4) is 0 Å². The second kappa shape index (κ2) is 7.92. The predicted molar refractivity (Wildman–Crippen MR) is 87.5 cm³/mol. The molecule has 1 aromatic rings. The van der Waals surface area contributed by atoms with Crippen LogP contribution in [0.25, 0.3) is 0 Å². The quantitative estimate of drug-likeness (QED) is 0.797. The molecule has 146 valence electrons. The molecular formula is C17H23F3N2O4. The maximum Gasteiger partial charge on any atom is 0.433 e. The van der Waals surface area contributed by atoms with E-state index < -0.39 is 34.9 Å². The predicted octanol–water partition coefficient (Wildman–Crippen LogP) is 3.45. The van der Waals surface area contributed by atoms with Gasteiger partial charge in [-0.25, -0.2) is 4.79 Å². The molecule has 9 heteroatoms. The first kappa shape index (κ1) is 21.7. The highest BCUT2D eigenvalue weighted by atomic mass is 19.4. The van der Waals surface area contributed by atoms with Crippen LogP contribution in [0.1, 0.15) is 45.4 Å². The summed E-state index contributed by atoms with van der Waals surface area (Å²) in [4.78, 5) is 27.7. The van der Waals surface area contributed by atoms with E-state index in [0.29, 0.717) is 0 Å². The van der Waals surface area contributed by atoms with Crippen molar-refractivity contribution in [3.63, 3.8) is 0 Å². The minimum absolute atomic E-state index is 0.169. The number of rotatable bonds is 5. The lowest BCUT2D eigenvalue weighted by Gasteiger charge is -2.31. The number of aromatic nitrogens is 1. The van der Waals surface area contributed by atoms with E-state index in [1.807, 2.05) is 0 Å². The highest BCUT2D eigenvalue weighted by molar-refractivity contribution is 5.84. The summed E-state index contributed by atoms with van der Waals surface area (Å²) in [6.45, 7) is 6.49. The number of nitrogens with zero attached hydrogens (tertiary/aromatic N) is 1. The van der Waals surface area contributed by atoms with Crippen molar-refractivity contribution in [2.24, 2.45) is 0 Å². The van der Waals surface area contributed by atoms with Gasteiger partial charge in [0.15, 0.2) is 0 Å². The molecule has 0 saturated heterocycles. The summed E-state index contributed by atoms with van der Waals surface area (Å²) in [6, 6.07) is 1.95. The van der Waals surface area contributed by atoms with Gasteiger partial charge in [-0.2, -0.15) is 13.2 Å². The molecule has 0 aromatic carbocycles. The summed E-state index contributed by atoms with van der Waals surface area (Å²) in [5, 5.41) is 2.48. The Hall–Kier alpha value is -2.32. The number of hydrogen-bond acceptors (Lipinski definition) is 5. The molecular weight excluding hydrogens is 353 g/mol.